The largest absolute Gasteiger partial charge is 0.378 e. The Morgan fingerprint density at radius 3 is 2.74 bits per heavy atom. The third kappa shape index (κ3) is 3.65. The normalized spacial score (nSPS) is 17.1. The Kier molecular flexibility index (Phi) is 4.70. The second-order valence-corrected chi connectivity index (χ2v) is 4.50. The molecule has 0 bridgehead atoms. The van der Waals surface area contributed by atoms with Gasteiger partial charge in [-0.05, 0) is 26.1 Å². The van der Waals surface area contributed by atoms with Gasteiger partial charge in [0.2, 0.25) is 5.91 Å². The van der Waals surface area contributed by atoms with E-state index in [1.54, 1.807) is 13.2 Å². The van der Waals surface area contributed by atoms with E-state index < -0.39 is 0 Å². The molecular weight excluding hydrogens is 244 g/mol. The lowest BCUT2D eigenvalue weighted by Crippen LogP contribution is -2.37. The molecule has 2 heterocycles. The summed E-state index contributed by atoms with van der Waals surface area (Å²) in [4.78, 5) is 18.2. The number of aromatic nitrogens is 1. The standard InChI is InChI=1S/C13H20N4O2/c1-10(14-2)13(18)16-11-3-4-12(15-9-11)17-5-7-19-8-6-17/h3-4,9-10,14H,5-8H2,1-2H3,(H,16,18). The number of carbonyl (C=O) groups is 1. The van der Waals surface area contributed by atoms with E-state index in [0.29, 0.717) is 5.69 Å². The predicted octanol–water partition coefficient (Wildman–Crippen LogP) is 0.465. The zero-order valence-corrected chi connectivity index (χ0v) is 11.3. The van der Waals surface area contributed by atoms with Crippen LogP contribution in [0.3, 0.4) is 0 Å². The average Bonchev–Trinajstić information content (AvgIpc) is 2.48. The molecule has 2 N–H and O–H groups in total. The van der Waals surface area contributed by atoms with Crippen LogP contribution in [0.2, 0.25) is 0 Å². The Morgan fingerprint density at radius 1 is 1.42 bits per heavy atom. The Hall–Kier alpha value is -1.66. The number of hydrogen-bond donors (Lipinski definition) is 2. The minimum atomic E-state index is -0.223. The number of amides is 1. The zero-order valence-electron chi connectivity index (χ0n) is 11.3. The maximum absolute atomic E-state index is 11.7. The smallest absolute Gasteiger partial charge is 0.241 e. The van der Waals surface area contributed by atoms with E-state index in [1.165, 1.54) is 0 Å². The lowest BCUT2D eigenvalue weighted by Gasteiger charge is -2.27. The van der Waals surface area contributed by atoms with Gasteiger partial charge in [-0.3, -0.25) is 4.79 Å². The van der Waals surface area contributed by atoms with Crippen LogP contribution in [0.25, 0.3) is 0 Å². The van der Waals surface area contributed by atoms with E-state index in [-0.39, 0.29) is 11.9 Å². The van der Waals surface area contributed by atoms with E-state index in [2.05, 4.69) is 20.5 Å². The first-order chi connectivity index (χ1) is 9.20. The zero-order chi connectivity index (χ0) is 13.7. The van der Waals surface area contributed by atoms with Crippen molar-refractivity contribution in [1.29, 1.82) is 0 Å². The monoisotopic (exact) mass is 264 g/mol. The first kappa shape index (κ1) is 13.8. The van der Waals surface area contributed by atoms with Crippen molar-refractivity contribution in [3.8, 4) is 0 Å². The molecule has 1 saturated heterocycles. The molecule has 6 nitrogen and oxygen atoms in total. The van der Waals surface area contributed by atoms with E-state index >= 15 is 0 Å². The van der Waals surface area contributed by atoms with Crippen molar-refractivity contribution in [3.63, 3.8) is 0 Å². The van der Waals surface area contributed by atoms with Crippen LogP contribution in [0.4, 0.5) is 11.5 Å². The van der Waals surface area contributed by atoms with Gasteiger partial charge >= 0.3 is 0 Å². The van der Waals surface area contributed by atoms with Gasteiger partial charge in [0.1, 0.15) is 5.82 Å². The highest BCUT2D eigenvalue weighted by Gasteiger charge is 2.13. The summed E-state index contributed by atoms with van der Waals surface area (Å²) in [6.45, 7) is 5.00. The molecule has 104 valence electrons. The van der Waals surface area contributed by atoms with Crippen LogP contribution in [-0.2, 0) is 9.53 Å². The Bertz CT molecular complexity index is 415. The molecule has 1 unspecified atom stereocenters. The van der Waals surface area contributed by atoms with Crippen LogP contribution < -0.4 is 15.5 Å². The minimum Gasteiger partial charge on any atom is -0.378 e. The molecule has 6 heteroatoms. The van der Waals surface area contributed by atoms with Crippen LogP contribution >= 0.6 is 0 Å². The van der Waals surface area contributed by atoms with Crippen molar-refractivity contribution in [3.05, 3.63) is 18.3 Å². The number of ether oxygens (including phenoxy) is 1. The van der Waals surface area contributed by atoms with Gasteiger partial charge in [0, 0.05) is 13.1 Å². The fourth-order valence-electron chi connectivity index (χ4n) is 1.82. The molecule has 0 radical (unpaired) electrons. The van der Waals surface area contributed by atoms with Gasteiger partial charge < -0.3 is 20.3 Å². The molecule has 0 aliphatic carbocycles. The summed E-state index contributed by atoms with van der Waals surface area (Å²) in [5.41, 5.74) is 0.712. The number of nitrogens with one attached hydrogen (secondary N) is 2. The summed E-state index contributed by atoms with van der Waals surface area (Å²) >= 11 is 0. The summed E-state index contributed by atoms with van der Waals surface area (Å²) in [5.74, 6) is 0.853. The highest BCUT2D eigenvalue weighted by Crippen LogP contribution is 2.15. The Morgan fingerprint density at radius 2 is 2.16 bits per heavy atom. The van der Waals surface area contributed by atoms with Gasteiger partial charge in [0.15, 0.2) is 0 Å². The maximum atomic E-state index is 11.7. The van der Waals surface area contributed by atoms with Crippen LogP contribution in [0.15, 0.2) is 18.3 Å². The molecule has 1 amide bonds. The fourth-order valence-corrected chi connectivity index (χ4v) is 1.82. The van der Waals surface area contributed by atoms with Crippen LogP contribution in [0.5, 0.6) is 0 Å². The average molecular weight is 264 g/mol. The molecule has 1 aromatic rings. The first-order valence-corrected chi connectivity index (χ1v) is 6.47. The summed E-state index contributed by atoms with van der Waals surface area (Å²) in [6, 6.07) is 3.57. The van der Waals surface area contributed by atoms with E-state index in [9.17, 15) is 4.79 Å². The predicted molar refractivity (Wildman–Crippen MR) is 74.4 cm³/mol. The number of morpholine rings is 1. The summed E-state index contributed by atoms with van der Waals surface area (Å²) < 4.78 is 5.30. The summed E-state index contributed by atoms with van der Waals surface area (Å²) in [6.07, 6.45) is 1.69. The number of pyridine rings is 1. The lowest BCUT2D eigenvalue weighted by molar-refractivity contribution is -0.117. The maximum Gasteiger partial charge on any atom is 0.241 e. The van der Waals surface area contributed by atoms with E-state index in [4.69, 9.17) is 4.74 Å². The van der Waals surface area contributed by atoms with Gasteiger partial charge in [-0.2, -0.15) is 0 Å². The SMILES string of the molecule is CNC(C)C(=O)Nc1ccc(N2CCOCC2)nc1. The summed E-state index contributed by atoms with van der Waals surface area (Å²) in [5, 5.41) is 5.71. The van der Waals surface area contributed by atoms with E-state index in [1.807, 2.05) is 19.1 Å². The molecule has 1 aromatic heterocycles. The number of likely N-dealkylation sites (N-methyl/N-ethyl adjacent to an activating group) is 1. The van der Waals surface area contributed by atoms with Crippen molar-refractivity contribution >= 4 is 17.4 Å². The summed E-state index contributed by atoms with van der Waals surface area (Å²) in [7, 11) is 1.75. The number of anilines is 2. The molecule has 0 saturated carbocycles. The fraction of sp³-hybridized carbons (Fsp3) is 0.538. The number of rotatable bonds is 4. The van der Waals surface area contributed by atoms with Crippen molar-refractivity contribution in [2.75, 3.05) is 43.6 Å². The van der Waals surface area contributed by atoms with Gasteiger partial charge in [-0.25, -0.2) is 4.98 Å². The minimum absolute atomic E-state index is 0.0663. The molecule has 0 spiro atoms. The molecule has 1 fully saturated rings. The molecular formula is C13H20N4O2. The quantitative estimate of drug-likeness (QED) is 0.827. The molecule has 19 heavy (non-hydrogen) atoms. The molecule has 1 aliphatic rings. The lowest BCUT2D eigenvalue weighted by atomic mass is 10.3. The van der Waals surface area contributed by atoms with Crippen LogP contribution in [-0.4, -0.2) is 50.3 Å². The third-order valence-electron chi connectivity index (χ3n) is 3.18. The number of carbonyl (C=O) groups excluding carboxylic acids is 1. The highest BCUT2D eigenvalue weighted by atomic mass is 16.5. The van der Waals surface area contributed by atoms with Gasteiger partial charge in [-0.1, -0.05) is 0 Å². The van der Waals surface area contributed by atoms with Crippen LogP contribution in [0, 0.1) is 0 Å². The Labute approximate surface area is 113 Å². The second kappa shape index (κ2) is 6.49. The molecule has 2 rings (SSSR count). The number of nitrogens with zero attached hydrogens (tertiary/aromatic N) is 2. The number of hydrogen-bond acceptors (Lipinski definition) is 5. The first-order valence-electron chi connectivity index (χ1n) is 6.47. The van der Waals surface area contributed by atoms with Crippen molar-refractivity contribution in [2.24, 2.45) is 0 Å². The van der Waals surface area contributed by atoms with Gasteiger partial charge in [0.05, 0.1) is 31.1 Å². The van der Waals surface area contributed by atoms with Crippen molar-refractivity contribution < 1.29 is 9.53 Å². The Balaban J connectivity index is 1.96. The van der Waals surface area contributed by atoms with Crippen molar-refractivity contribution in [1.82, 2.24) is 10.3 Å². The second-order valence-electron chi connectivity index (χ2n) is 4.50. The molecule has 1 aliphatic heterocycles. The highest BCUT2D eigenvalue weighted by molar-refractivity contribution is 5.94. The third-order valence-corrected chi connectivity index (χ3v) is 3.18. The van der Waals surface area contributed by atoms with E-state index in [0.717, 1.165) is 32.1 Å². The van der Waals surface area contributed by atoms with Crippen molar-refractivity contribution in [2.45, 2.75) is 13.0 Å². The topological polar surface area (TPSA) is 66.5 Å². The molecule has 1 atom stereocenters. The van der Waals surface area contributed by atoms with Crippen LogP contribution in [0.1, 0.15) is 6.92 Å². The molecule has 0 aromatic carbocycles. The van der Waals surface area contributed by atoms with Gasteiger partial charge in [0.25, 0.3) is 0 Å². The van der Waals surface area contributed by atoms with Gasteiger partial charge in [-0.15, -0.1) is 0 Å².